The molecule has 1 heterocycles. The predicted octanol–water partition coefficient (Wildman–Crippen LogP) is 3.40. The number of hydrogen-bond acceptors (Lipinski definition) is 4. The SMILES string of the molecule is COc1cccc(N2CCN(C(=O)CCc3ccccc3N)CC2)c1.Cl.Cl. The highest BCUT2D eigenvalue weighted by Crippen LogP contribution is 2.22. The fourth-order valence-corrected chi connectivity index (χ4v) is 3.18. The molecule has 1 aliphatic heterocycles. The first kappa shape index (κ1) is 22.9. The summed E-state index contributed by atoms with van der Waals surface area (Å²) in [5, 5.41) is 0. The summed E-state index contributed by atoms with van der Waals surface area (Å²) in [5.74, 6) is 1.06. The quantitative estimate of drug-likeness (QED) is 0.765. The topological polar surface area (TPSA) is 58.8 Å². The number of hydrogen-bond donors (Lipinski definition) is 1. The van der Waals surface area contributed by atoms with Crippen molar-refractivity contribution in [1.82, 2.24) is 4.90 Å². The maximum absolute atomic E-state index is 12.5. The zero-order chi connectivity index (χ0) is 17.6. The summed E-state index contributed by atoms with van der Waals surface area (Å²) >= 11 is 0. The first-order chi connectivity index (χ1) is 12.2. The summed E-state index contributed by atoms with van der Waals surface area (Å²) in [6, 6.07) is 15.8. The number of anilines is 2. The lowest BCUT2D eigenvalue weighted by molar-refractivity contribution is -0.131. The number of amides is 1. The number of halogens is 2. The summed E-state index contributed by atoms with van der Waals surface area (Å²) in [5.41, 5.74) is 8.90. The lowest BCUT2D eigenvalue weighted by atomic mass is 10.1. The van der Waals surface area contributed by atoms with Gasteiger partial charge in [-0.3, -0.25) is 4.79 Å². The van der Waals surface area contributed by atoms with Gasteiger partial charge in [-0.25, -0.2) is 0 Å². The van der Waals surface area contributed by atoms with Crippen LogP contribution in [-0.4, -0.2) is 44.1 Å². The van der Waals surface area contributed by atoms with E-state index in [1.807, 2.05) is 47.4 Å². The van der Waals surface area contributed by atoms with Crippen molar-refractivity contribution in [2.75, 3.05) is 43.9 Å². The van der Waals surface area contributed by atoms with Gasteiger partial charge in [-0.2, -0.15) is 0 Å². The molecule has 2 aromatic rings. The third-order valence-corrected chi connectivity index (χ3v) is 4.71. The minimum atomic E-state index is 0. The Bertz CT molecular complexity index is 735. The van der Waals surface area contributed by atoms with Gasteiger partial charge in [0.25, 0.3) is 0 Å². The third-order valence-electron chi connectivity index (χ3n) is 4.71. The van der Waals surface area contributed by atoms with Crippen LogP contribution in [0, 0.1) is 0 Å². The molecule has 1 aliphatic rings. The molecule has 3 rings (SSSR count). The second-order valence-electron chi connectivity index (χ2n) is 6.27. The van der Waals surface area contributed by atoms with Gasteiger partial charge in [0.15, 0.2) is 0 Å². The average Bonchev–Trinajstić information content (AvgIpc) is 2.67. The van der Waals surface area contributed by atoms with Crippen LogP contribution < -0.4 is 15.4 Å². The maximum Gasteiger partial charge on any atom is 0.223 e. The van der Waals surface area contributed by atoms with Crippen molar-refractivity contribution in [3.05, 3.63) is 54.1 Å². The number of nitrogens with two attached hydrogens (primary N) is 1. The molecular formula is C20H27Cl2N3O2. The Morgan fingerprint density at radius 2 is 1.74 bits per heavy atom. The van der Waals surface area contributed by atoms with Gasteiger partial charge in [0.1, 0.15) is 5.75 Å². The minimum Gasteiger partial charge on any atom is -0.497 e. The largest absolute Gasteiger partial charge is 0.497 e. The van der Waals surface area contributed by atoms with E-state index in [1.165, 1.54) is 0 Å². The van der Waals surface area contributed by atoms with Gasteiger partial charge >= 0.3 is 0 Å². The van der Waals surface area contributed by atoms with Crippen LogP contribution in [0.1, 0.15) is 12.0 Å². The van der Waals surface area contributed by atoms with Crippen LogP contribution in [0.15, 0.2) is 48.5 Å². The van der Waals surface area contributed by atoms with Crippen LogP contribution in [0.25, 0.3) is 0 Å². The van der Waals surface area contributed by atoms with Crippen LogP contribution in [0.5, 0.6) is 5.75 Å². The number of carbonyl (C=O) groups is 1. The van der Waals surface area contributed by atoms with Gasteiger partial charge in [-0.1, -0.05) is 24.3 Å². The fourth-order valence-electron chi connectivity index (χ4n) is 3.18. The molecule has 0 aliphatic carbocycles. The summed E-state index contributed by atoms with van der Waals surface area (Å²) in [6.07, 6.45) is 1.20. The average molecular weight is 412 g/mol. The monoisotopic (exact) mass is 411 g/mol. The van der Waals surface area contributed by atoms with E-state index in [1.54, 1.807) is 7.11 Å². The molecule has 148 valence electrons. The van der Waals surface area contributed by atoms with Crippen LogP contribution >= 0.6 is 24.8 Å². The Hall–Kier alpha value is -2.11. The number of benzene rings is 2. The Labute approximate surface area is 173 Å². The van der Waals surface area contributed by atoms with Crippen molar-refractivity contribution in [3.8, 4) is 5.75 Å². The summed E-state index contributed by atoms with van der Waals surface area (Å²) < 4.78 is 5.29. The predicted molar refractivity (Wildman–Crippen MR) is 115 cm³/mol. The molecule has 0 atom stereocenters. The van der Waals surface area contributed by atoms with E-state index in [4.69, 9.17) is 10.5 Å². The normalized spacial score (nSPS) is 13.4. The maximum atomic E-state index is 12.5. The number of rotatable bonds is 5. The molecule has 0 saturated carbocycles. The molecule has 0 radical (unpaired) electrons. The highest BCUT2D eigenvalue weighted by Gasteiger charge is 2.21. The smallest absolute Gasteiger partial charge is 0.223 e. The zero-order valence-corrected chi connectivity index (χ0v) is 17.1. The molecule has 7 heteroatoms. The number of nitrogens with zero attached hydrogens (tertiary/aromatic N) is 2. The zero-order valence-electron chi connectivity index (χ0n) is 15.5. The van der Waals surface area contributed by atoms with E-state index in [0.29, 0.717) is 12.8 Å². The van der Waals surface area contributed by atoms with E-state index in [2.05, 4.69) is 11.0 Å². The van der Waals surface area contributed by atoms with Crippen molar-refractivity contribution < 1.29 is 9.53 Å². The summed E-state index contributed by atoms with van der Waals surface area (Å²) in [4.78, 5) is 16.7. The Kier molecular flexibility index (Phi) is 9.26. The van der Waals surface area contributed by atoms with Crippen molar-refractivity contribution in [2.24, 2.45) is 0 Å². The number of piperazine rings is 1. The van der Waals surface area contributed by atoms with Crippen LogP contribution in [0.3, 0.4) is 0 Å². The molecule has 2 N–H and O–H groups in total. The highest BCUT2D eigenvalue weighted by atomic mass is 35.5. The molecule has 0 aromatic heterocycles. The van der Waals surface area contributed by atoms with Gasteiger partial charge in [0.05, 0.1) is 7.11 Å². The minimum absolute atomic E-state index is 0. The second-order valence-corrected chi connectivity index (χ2v) is 6.27. The molecule has 1 amide bonds. The van der Waals surface area contributed by atoms with Crippen molar-refractivity contribution in [1.29, 1.82) is 0 Å². The molecular weight excluding hydrogens is 385 g/mol. The fraction of sp³-hybridized carbons (Fsp3) is 0.350. The van der Waals surface area contributed by atoms with E-state index in [9.17, 15) is 4.79 Å². The molecule has 1 saturated heterocycles. The molecule has 5 nitrogen and oxygen atoms in total. The number of aryl methyl sites for hydroxylation is 1. The van der Waals surface area contributed by atoms with Crippen LogP contribution in [-0.2, 0) is 11.2 Å². The summed E-state index contributed by atoms with van der Waals surface area (Å²) in [7, 11) is 1.68. The second kappa shape index (κ2) is 10.9. The van der Waals surface area contributed by atoms with Gasteiger partial charge in [-0.15, -0.1) is 24.8 Å². The van der Waals surface area contributed by atoms with E-state index < -0.39 is 0 Å². The molecule has 0 spiro atoms. The number of nitrogen functional groups attached to an aromatic ring is 1. The van der Waals surface area contributed by atoms with Crippen molar-refractivity contribution in [2.45, 2.75) is 12.8 Å². The lowest BCUT2D eigenvalue weighted by Gasteiger charge is -2.36. The number of para-hydroxylation sites is 1. The molecule has 0 bridgehead atoms. The number of methoxy groups -OCH3 is 1. The van der Waals surface area contributed by atoms with Gasteiger partial charge in [0, 0.05) is 50.0 Å². The summed E-state index contributed by atoms with van der Waals surface area (Å²) in [6.45, 7) is 3.18. The Morgan fingerprint density at radius 1 is 1.04 bits per heavy atom. The Balaban J connectivity index is 0.00000182. The number of ether oxygens (including phenoxy) is 1. The highest BCUT2D eigenvalue weighted by molar-refractivity contribution is 5.85. The van der Waals surface area contributed by atoms with Crippen molar-refractivity contribution >= 4 is 42.1 Å². The van der Waals surface area contributed by atoms with Gasteiger partial charge < -0.3 is 20.3 Å². The van der Waals surface area contributed by atoms with Gasteiger partial charge in [0.2, 0.25) is 5.91 Å². The van der Waals surface area contributed by atoms with E-state index in [-0.39, 0.29) is 30.7 Å². The number of carbonyl (C=O) groups excluding carboxylic acids is 1. The first-order valence-corrected chi connectivity index (χ1v) is 8.67. The molecule has 27 heavy (non-hydrogen) atoms. The molecule has 0 unspecified atom stereocenters. The lowest BCUT2D eigenvalue weighted by Crippen LogP contribution is -2.48. The molecule has 2 aromatic carbocycles. The third kappa shape index (κ3) is 5.94. The van der Waals surface area contributed by atoms with Crippen molar-refractivity contribution in [3.63, 3.8) is 0 Å². The van der Waals surface area contributed by atoms with E-state index >= 15 is 0 Å². The standard InChI is InChI=1S/C20H25N3O2.2ClH/c1-25-18-7-4-6-17(15-18)22-11-13-23(14-12-22)20(24)10-9-16-5-2-3-8-19(16)21;;/h2-8,15H,9-14,21H2,1H3;2*1H. The van der Waals surface area contributed by atoms with Gasteiger partial charge in [-0.05, 0) is 30.2 Å². The first-order valence-electron chi connectivity index (χ1n) is 8.67. The van der Waals surface area contributed by atoms with E-state index in [0.717, 1.165) is 48.9 Å². The van der Waals surface area contributed by atoms with Crippen LogP contribution in [0.2, 0.25) is 0 Å². The van der Waals surface area contributed by atoms with Crippen LogP contribution in [0.4, 0.5) is 11.4 Å². The molecule has 1 fully saturated rings. The Morgan fingerprint density at radius 3 is 2.41 bits per heavy atom.